The minimum Gasteiger partial charge on any atom is -0.377 e. The van der Waals surface area contributed by atoms with Gasteiger partial charge in [-0.25, -0.2) is 0 Å². The van der Waals surface area contributed by atoms with Gasteiger partial charge in [0, 0.05) is 28.5 Å². The number of rotatable bonds is 7. The molecular formula is C26H29N3O2S. The van der Waals surface area contributed by atoms with Gasteiger partial charge >= 0.3 is 0 Å². The first-order chi connectivity index (χ1) is 15.8. The standard InChI is InChI=1S/C26H29N3O2S/c30-26(21-11-4-5-14-25(21)32-18-20-10-7-15-31-20)28-23-12-6-13-24-22(23)16-27-29(24)17-19-8-2-1-3-9-19/h1-5,8-9,11,14,16,20,23H,6-7,10,12-13,15,17-18H2,(H,28,30). The molecule has 3 aromatic rings. The lowest BCUT2D eigenvalue weighted by Crippen LogP contribution is -2.31. The molecule has 1 aromatic heterocycles. The Labute approximate surface area is 193 Å². The molecule has 1 aliphatic carbocycles. The Kier molecular flexibility index (Phi) is 6.60. The van der Waals surface area contributed by atoms with E-state index in [2.05, 4.69) is 39.4 Å². The molecular weight excluding hydrogens is 418 g/mol. The van der Waals surface area contributed by atoms with E-state index in [0.29, 0.717) is 6.10 Å². The molecule has 0 radical (unpaired) electrons. The molecule has 2 aliphatic rings. The van der Waals surface area contributed by atoms with E-state index in [1.807, 2.05) is 36.5 Å². The van der Waals surface area contributed by atoms with Crippen molar-refractivity contribution in [3.05, 3.63) is 83.2 Å². The maximum atomic E-state index is 13.3. The Hall–Kier alpha value is -2.57. The molecule has 6 heteroatoms. The van der Waals surface area contributed by atoms with Gasteiger partial charge in [-0.2, -0.15) is 5.10 Å². The predicted octanol–water partition coefficient (Wildman–Crippen LogP) is 5.01. The van der Waals surface area contributed by atoms with Crippen LogP contribution in [-0.4, -0.2) is 34.2 Å². The normalized spacial score (nSPS) is 20.1. The third kappa shape index (κ3) is 4.76. The van der Waals surface area contributed by atoms with Crippen molar-refractivity contribution in [2.45, 2.75) is 55.7 Å². The van der Waals surface area contributed by atoms with Gasteiger partial charge in [-0.15, -0.1) is 11.8 Å². The van der Waals surface area contributed by atoms with Crippen LogP contribution in [0.5, 0.6) is 0 Å². The Morgan fingerprint density at radius 2 is 1.94 bits per heavy atom. The molecule has 1 amide bonds. The molecule has 0 spiro atoms. The lowest BCUT2D eigenvalue weighted by molar-refractivity contribution is 0.0929. The first-order valence-electron chi connectivity index (χ1n) is 11.5. The third-order valence-electron chi connectivity index (χ3n) is 6.32. The maximum absolute atomic E-state index is 13.3. The number of ether oxygens (including phenoxy) is 1. The number of carbonyl (C=O) groups excluding carboxylic acids is 1. The fourth-order valence-corrected chi connectivity index (χ4v) is 5.76. The maximum Gasteiger partial charge on any atom is 0.252 e. The Balaban J connectivity index is 1.29. The second-order valence-corrected chi connectivity index (χ2v) is 9.61. The summed E-state index contributed by atoms with van der Waals surface area (Å²) in [5, 5.41) is 7.96. The Morgan fingerprint density at radius 1 is 1.09 bits per heavy atom. The van der Waals surface area contributed by atoms with Crippen LogP contribution < -0.4 is 5.32 Å². The highest BCUT2D eigenvalue weighted by Gasteiger charge is 2.27. The number of nitrogens with one attached hydrogen (secondary N) is 1. The van der Waals surface area contributed by atoms with Crippen LogP contribution >= 0.6 is 11.8 Å². The zero-order chi connectivity index (χ0) is 21.8. The van der Waals surface area contributed by atoms with Gasteiger partial charge in [-0.1, -0.05) is 42.5 Å². The minimum absolute atomic E-state index is 0.00546. The number of aromatic nitrogens is 2. The molecule has 2 aromatic carbocycles. The molecule has 0 saturated carbocycles. The van der Waals surface area contributed by atoms with Crippen LogP contribution in [0.3, 0.4) is 0 Å². The number of carbonyl (C=O) groups is 1. The fourth-order valence-electron chi connectivity index (χ4n) is 4.64. The van der Waals surface area contributed by atoms with Crippen molar-refractivity contribution in [2.75, 3.05) is 12.4 Å². The highest BCUT2D eigenvalue weighted by atomic mass is 32.2. The molecule has 2 heterocycles. The molecule has 1 saturated heterocycles. The van der Waals surface area contributed by atoms with Gasteiger partial charge in [0.1, 0.15) is 0 Å². The van der Waals surface area contributed by atoms with E-state index in [-0.39, 0.29) is 11.9 Å². The van der Waals surface area contributed by atoms with Gasteiger partial charge in [0.05, 0.1) is 30.5 Å². The van der Waals surface area contributed by atoms with Crippen molar-refractivity contribution in [1.82, 2.24) is 15.1 Å². The smallest absolute Gasteiger partial charge is 0.252 e. The summed E-state index contributed by atoms with van der Waals surface area (Å²) in [6.45, 7) is 1.62. The van der Waals surface area contributed by atoms with E-state index in [9.17, 15) is 4.79 Å². The van der Waals surface area contributed by atoms with Crippen molar-refractivity contribution in [3.8, 4) is 0 Å². The van der Waals surface area contributed by atoms with Gasteiger partial charge < -0.3 is 10.1 Å². The third-order valence-corrected chi connectivity index (χ3v) is 7.53. The largest absolute Gasteiger partial charge is 0.377 e. The molecule has 0 bridgehead atoms. The Bertz CT molecular complexity index is 1060. The molecule has 1 N–H and O–H groups in total. The van der Waals surface area contributed by atoms with Crippen LogP contribution in [0.25, 0.3) is 0 Å². The zero-order valence-electron chi connectivity index (χ0n) is 18.2. The number of amides is 1. The molecule has 2 unspecified atom stereocenters. The van der Waals surface area contributed by atoms with Crippen molar-refractivity contribution in [1.29, 1.82) is 0 Å². The molecule has 166 valence electrons. The van der Waals surface area contributed by atoms with Crippen LogP contribution in [0.2, 0.25) is 0 Å². The van der Waals surface area contributed by atoms with Crippen LogP contribution in [0, 0.1) is 0 Å². The summed E-state index contributed by atoms with van der Waals surface area (Å²) in [6, 6.07) is 18.3. The van der Waals surface area contributed by atoms with Crippen molar-refractivity contribution >= 4 is 17.7 Å². The molecule has 5 nitrogen and oxygen atoms in total. The summed E-state index contributed by atoms with van der Waals surface area (Å²) < 4.78 is 7.84. The second kappa shape index (κ2) is 9.92. The zero-order valence-corrected chi connectivity index (χ0v) is 19.0. The van der Waals surface area contributed by atoms with Gasteiger partial charge in [0.25, 0.3) is 5.91 Å². The van der Waals surface area contributed by atoms with Gasteiger partial charge in [0.2, 0.25) is 0 Å². The van der Waals surface area contributed by atoms with Gasteiger partial charge in [-0.05, 0) is 49.8 Å². The summed E-state index contributed by atoms with van der Waals surface area (Å²) in [6.07, 6.45) is 7.49. The lowest BCUT2D eigenvalue weighted by atomic mass is 9.92. The van der Waals surface area contributed by atoms with Crippen LogP contribution in [0.4, 0.5) is 0 Å². The predicted molar refractivity (Wildman–Crippen MR) is 127 cm³/mol. The summed E-state index contributed by atoms with van der Waals surface area (Å²) in [5.41, 5.74) is 4.39. The first kappa shape index (κ1) is 21.3. The fraction of sp³-hybridized carbons (Fsp3) is 0.385. The number of thioether (sulfide) groups is 1. The quantitative estimate of drug-likeness (QED) is 0.517. The molecule has 1 aliphatic heterocycles. The number of fused-ring (bicyclic) bond motifs is 1. The van der Waals surface area contributed by atoms with Crippen molar-refractivity contribution < 1.29 is 9.53 Å². The molecule has 2 atom stereocenters. The summed E-state index contributed by atoms with van der Waals surface area (Å²) in [4.78, 5) is 14.3. The van der Waals surface area contributed by atoms with E-state index in [1.54, 1.807) is 11.8 Å². The van der Waals surface area contributed by atoms with E-state index in [1.165, 1.54) is 11.3 Å². The molecule has 32 heavy (non-hydrogen) atoms. The van der Waals surface area contributed by atoms with E-state index < -0.39 is 0 Å². The minimum atomic E-state index is -0.00546. The van der Waals surface area contributed by atoms with Gasteiger partial charge in [0.15, 0.2) is 0 Å². The monoisotopic (exact) mass is 447 g/mol. The first-order valence-corrected chi connectivity index (χ1v) is 12.5. The SMILES string of the molecule is O=C(NC1CCCc2c1cnn2Cc1ccccc1)c1ccccc1SCC1CCCO1. The van der Waals surface area contributed by atoms with Gasteiger partial charge in [-0.3, -0.25) is 9.48 Å². The second-order valence-electron chi connectivity index (χ2n) is 8.55. The van der Waals surface area contributed by atoms with E-state index >= 15 is 0 Å². The van der Waals surface area contributed by atoms with Crippen LogP contribution in [0.15, 0.2) is 65.7 Å². The topological polar surface area (TPSA) is 56.2 Å². The van der Waals surface area contributed by atoms with Crippen molar-refractivity contribution in [2.24, 2.45) is 0 Å². The highest BCUT2D eigenvalue weighted by Crippen LogP contribution is 2.32. The summed E-state index contributed by atoms with van der Waals surface area (Å²) in [7, 11) is 0. The molecule has 5 rings (SSSR count). The van der Waals surface area contributed by atoms with Crippen molar-refractivity contribution in [3.63, 3.8) is 0 Å². The number of nitrogens with zero attached hydrogens (tertiary/aromatic N) is 2. The highest BCUT2D eigenvalue weighted by molar-refractivity contribution is 7.99. The number of hydrogen-bond acceptors (Lipinski definition) is 4. The lowest BCUT2D eigenvalue weighted by Gasteiger charge is -2.25. The van der Waals surface area contributed by atoms with E-state index in [0.717, 1.165) is 67.0 Å². The van der Waals surface area contributed by atoms with Crippen LogP contribution in [0.1, 0.15) is 58.9 Å². The Morgan fingerprint density at radius 3 is 2.78 bits per heavy atom. The number of benzene rings is 2. The summed E-state index contributed by atoms with van der Waals surface area (Å²) in [5.74, 6) is 0.888. The molecule has 1 fully saturated rings. The average molecular weight is 448 g/mol. The van der Waals surface area contributed by atoms with E-state index in [4.69, 9.17) is 4.74 Å². The van der Waals surface area contributed by atoms with Crippen LogP contribution in [-0.2, 0) is 17.7 Å². The summed E-state index contributed by atoms with van der Waals surface area (Å²) >= 11 is 1.72. The average Bonchev–Trinajstić information content (AvgIpc) is 3.49. The number of hydrogen-bond donors (Lipinski definition) is 1.